The molecule has 0 unspecified atom stereocenters. The minimum atomic E-state index is -0.00287. The molecule has 1 fully saturated rings. The highest BCUT2D eigenvalue weighted by molar-refractivity contribution is 5.83. The standard InChI is InChI=1S/C21H28N3O/c1-23-14-15-24(21(25)20(23)8-4-5-12-22)13-11-17-9-10-18-6-2-3-7-19(18)16-17/h2-3,6-7,9-10,16,20,22H,4-5,8,11-15H2,1H3/q-1/t20-/m0/s1. The number of hydrogen-bond donors (Lipinski definition) is 0. The summed E-state index contributed by atoms with van der Waals surface area (Å²) < 4.78 is 0. The zero-order valence-electron chi connectivity index (χ0n) is 15.1. The summed E-state index contributed by atoms with van der Waals surface area (Å²) in [6.07, 6.45) is 3.62. The topological polar surface area (TPSA) is 47.4 Å². The molecular formula is C21H28N3O-. The van der Waals surface area contributed by atoms with Crippen molar-refractivity contribution in [3.05, 3.63) is 53.8 Å². The number of rotatable bonds is 7. The molecule has 1 aliphatic heterocycles. The van der Waals surface area contributed by atoms with Crippen molar-refractivity contribution in [2.24, 2.45) is 0 Å². The number of nitrogens with zero attached hydrogens (tertiary/aromatic N) is 2. The van der Waals surface area contributed by atoms with E-state index >= 15 is 0 Å². The van der Waals surface area contributed by atoms with Crippen molar-refractivity contribution in [3.63, 3.8) is 0 Å². The summed E-state index contributed by atoms with van der Waals surface area (Å²) in [7, 11) is 2.05. The van der Waals surface area contributed by atoms with Gasteiger partial charge < -0.3 is 10.6 Å². The Hall–Kier alpha value is -1.91. The number of likely N-dealkylation sites (N-methyl/N-ethyl adjacent to an activating group) is 1. The molecule has 1 aliphatic rings. The Labute approximate surface area is 150 Å². The van der Waals surface area contributed by atoms with Crippen LogP contribution in [0.3, 0.4) is 0 Å². The Balaban J connectivity index is 1.60. The average molecular weight is 338 g/mol. The molecule has 1 saturated heterocycles. The van der Waals surface area contributed by atoms with Crippen molar-refractivity contribution < 1.29 is 4.79 Å². The Bertz CT molecular complexity index is 715. The molecular weight excluding hydrogens is 310 g/mol. The predicted octanol–water partition coefficient (Wildman–Crippen LogP) is 3.75. The highest BCUT2D eigenvalue weighted by Gasteiger charge is 2.31. The van der Waals surface area contributed by atoms with Crippen LogP contribution >= 0.6 is 0 Å². The number of piperazine rings is 1. The molecule has 0 saturated carbocycles. The molecule has 1 N–H and O–H groups in total. The fraction of sp³-hybridized carbons (Fsp3) is 0.476. The Kier molecular flexibility index (Phi) is 6.05. The lowest BCUT2D eigenvalue weighted by molar-refractivity contribution is -0.141. The van der Waals surface area contributed by atoms with Gasteiger partial charge in [-0.15, -0.1) is 0 Å². The smallest absolute Gasteiger partial charge is 0.239 e. The number of fused-ring (bicyclic) bond motifs is 1. The summed E-state index contributed by atoms with van der Waals surface area (Å²) in [4.78, 5) is 17.0. The van der Waals surface area contributed by atoms with Crippen molar-refractivity contribution in [1.29, 1.82) is 0 Å². The lowest BCUT2D eigenvalue weighted by Crippen LogP contribution is -2.55. The summed E-state index contributed by atoms with van der Waals surface area (Å²) >= 11 is 0. The molecule has 1 amide bonds. The van der Waals surface area contributed by atoms with E-state index in [-0.39, 0.29) is 11.9 Å². The zero-order valence-corrected chi connectivity index (χ0v) is 15.1. The van der Waals surface area contributed by atoms with Gasteiger partial charge in [0.1, 0.15) is 0 Å². The lowest BCUT2D eigenvalue weighted by Gasteiger charge is -2.39. The lowest BCUT2D eigenvalue weighted by atomic mass is 10.0. The summed E-state index contributed by atoms with van der Waals surface area (Å²) in [5.74, 6) is 0.263. The maximum Gasteiger partial charge on any atom is 0.239 e. The van der Waals surface area contributed by atoms with Crippen molar-refractivity contribution in [1.82, 2.24) is 9.80 Å². The van der Waals surface area contributed by atoms with E-state index in [2.05, 4.69) is 47.4 Å². The van der Waals surface area contributed by atoms with Crippen LogP contribution in [0.25, 0.3) is 16.5 Å². The molecule has 4 heteroatoms. The number of carbonyl (C=O) groups is 1. The van der Waals surface area contributed by atoms with E-state index in [9.17, 15) is 4.79 Å². The first-order chi connectivity index (χ1) is 12.2. The van der Waals surface area contributed by atoms with Crippen molar-refractivity contribution in [3.8, 4) is 0 Å². The van der Waals surface area contributed by atoms with Gasteiger partial charge in [0.05, 0.1) is 6.04 Å². The van der Waals surface area contributed by atoms with Gasteiger partial charge in [-0.3, -0.25) is 9.69 Å². The van der Waals surface area contributed by atoms with Gasteiger partial charge in [0.25, 0.3) is 0 Å². The van der Waals surface area contributed by atoms with Gasteiger partial charge >= 0.3 is 0 Å². The number of carbonyl (C=O) groups excluding carboxylic acids is 1. The third kappa shape index (κ3) is 4.39. The van der Waals surface area contributed by atoms with Crippen LogP contribution in [-0.2, 0) is 11.2 Å². The van der Waals surface area contributed by atoms with E-state index in [0.29, 0.717) is 6.54 Å². The SMILES string of the molecule is CN1CCN(CCc2ccc3ccccc3c2)C(=O)[C@@H]1CCCC[NH-]. The van der Waals surface area contributed by atoms with Gasteiger partial charge in [-0.25, -0.2) is 0 Å². The number of amides is 1. The van der Waals surface area contributed by atoms with E-state index < -0.39 is 0 Å². The molecule has 25 heavy (non-hydrogen) atoms. The van der Waals surface area contributed by atoms with Crippen molar-refractivity contribution >= 4 is 16.7 Å². The van der Waals surface area contributed by atoms with Crippen LogP contribution in [0.5, 0.6) is 0 Å². The van der Waals surface area contributed by atoms with Crippen LogP contribution in [0.2, 0.25) is 0 Å². The van der Waals surface area contributed by atoms with Gasteiger partial charge in [0.2, 0.25) is 5.91 Å². The minimum Gasteiger partial charge on any atom is -0.677 e. The van der Waals surface area contributed by atoms with Crippen LogP contribution in [0, 0.1) is 0 Å². The maximum absolute atomic E-state index is 12.8. The molecule has 3 rings (SSSR count). The third-order valence-electron chi connectivity index (χ3n) is 5.24. The van der Waals surface area contributed by atoms with Crippen LogP contribution in [-0.4, -0.2) is 55.0 Å². The molecule has 2 aromatic rings. The fourth-order valence-electron chi connectivity index (χ4n) is 3.63. The zero-order chi connectivity index (χ0) is 17.6. The molecule has 0 bridgehead atoms. The maximum atomic E-state index is 12.8. The second kappa shape index (κ2) is 8.45. The monoisotopic (exact) mass is 338 g/mol. The molecule has 2 aromatic carbocycles. The van der Waals surface area contributed by atoms with Crippen molar-refractivity contribution in [2.75, 3.05) is 33.2 Å². The Morgan fingerprint density at radius 2 is 1.88 bits per heavy atom. The van der Waals surface area contributed by atoms with Crippen LogP contribution in [0.1, 0.15) is 24.8 Å². The van der Waals surface area contributed by atoms with Gasteiger partial charge in [0.15, 0.2) is 0 Å². The van der Waals surface area contributed by atoms with Crippen LogP contribution in [0.4, 0.5) is 0 Å². The average Bonchev–Trinajstić information content (AvgIpc) is 2.63. The quantitative estimate of drug-likeness (QED) is 0.722. The third-order valence-corrected chi connectivity index (χ3v) is 5.24. The number of nitrogens with one attached hydrogen (secondary N) is 1. The largest absolute Gasteiger partial charge is 0.677 e. The van der Waals surface area contributed by atoms with E-state index in [0.717, 1.165) is 45.3 Å². The van der Waals surface area contributed by atoms with E-state index in [1.54, 1.807) is 0 Å². The molecule has 1 heterocycles. The van der Waals surface area contributed by atoms with Crippen molar-refractivity contribution in [2.45, 2.75) is 31.7 Å². The highest BCUT2D eigenvalue weighted by atomic mass is 16.2. The van der Waals surface area contributed by atoms with Crippen LogP contribution < -0.4 is 0 Å². The second-order valence-corrected chi connectivity index (χ2v) is 7.00. The minimum absolute atomic E-state index is 0.00287. The normalized spacial score (nSPS) is 18.9. The Morgan fingerprint density at radius 1 is 1.08 bits per heavy atom. The summed E-state index contributed by atoms with van der Waals surface area (Å²) in [6.45, 7) is 3.00. The molecule has 0 radical (unpaired) electrons. The fourth-order valence-corrected chi connectivity index (χ4v) is 3.63. The van der Waals surface area contributed by atoms with Gasteiger partial charge in [-0.2, -0.15) is 6.54 Å². The number of hydrogen-bond acceptors (Lipinski definition) is 2. The van der Waals surface area contributed by atoms with Crippen LogP contribution in [0.15, 0.2) is 42.5 Å². The van der Waals surface area contributed by atoms with Gasteiger partial charge in [-0.05, 0) is 36.2 Å². The number of unbranched alkanes of at least 4 members (excludes halogenated alkanes) is 1. The van der Waals surface area contributed by atoms with Gasteiger partial charge in [-0.1, -0.05) is 55.3 Å². The summed E-state index contributed by atoms with van der Waals surface area (Å²) in [5, 5.41) is 2.52. The first-order valence-electron chi connectivity index (χ1n) is 9.30. The van der Waals surface area contributed by atoms with E-state index in [1.165, 1.54) is 16.3 Å². The first-order valence-corrected chi connectivity index (χ1v) is 9.30. The summed E-state index contributed by atoms with van der Waals surface area (Å²) in [5.41, 5.74) is 8.56. The molecule has 4 nitrogen and oxygen atoms in total. The van der Waals surface area contributed by atoms with E-state index in [4.69, 9.17) is 5.73 Å². The molecule has 1 atom stereocenters. The second-order valence-electron chi connectivity index (χ2n) is 7.00. The Morgan fingerprint density at radius 3 is 2.68 bits per heavy atom. The van der Waals surface area contributed by atoms with Gasteiger partial charge in [0, 0.05) is 19.6 Å². The predicted molar refractivity (Wildman–Crippen MR) is 104 cm³/mol. The molecule has 0 spiro atoms. The van der Waals surface area contributed by atoms with E-state index in [1.807, 2.05) is 11.9 Å². The molecule has 134 valence electrons. The molecule has 0 aromatic heterocycles. The molecule has 0 aliphatic carbocycles. The summed E-state index contributed by atoms with van der Waals surface area (Å²) in [6, 6.07) is 15.0. The number of benzene rings is 2. The highest BCUT2D eigenvalue weighted by Crippen LogP contribution is 2.18. The first kappa shape index (κ1) is 17.9.